The summed E-state index contributed by atoms with van der Waals surface area (Å²) < 4.78 is 18.5. The Labute approximate surface area is 280 Å². The Kier molecular flexibility index (Phi) is 8.27. The molecule has 3 aromatic heterocycles. The number of aromatic nitrogens is 3. The first kappa shape index (κ1) is 31.5. The Morgan fingerprint density at radius 3 is 2.48 bits per heavy atom. The normalized spacial score (nSPS) is 25.7. The molecule has 2 aliphatic heterocycles. The third-order valence-electron chi connectivity index (χ3n) is 11.5. The van der Waals surface area contributed by atoms with Gasteiger partial charge in [-0.3, -0.25) is 9.59 Å². The average molecular weight is 655 g/mol. The zero-order chi connectivity index (χ0) is 33.1. The summed E-state index contributed by atoms with van der Waals surface area (Å²) in [4.78, 5) is 30.3. The molecule has 5 heterocycles. The molecule has 4 fully saturated rings. The van der Waals surface area contributed by atoms with Crippen LogP contribution in [0.1, 0.15) is 85.2 Å². The number of alkyl halides is 1. The fraction of sp³-hybridized carbons (Fsp3) is 0.553. The van der Waals surface area contributed by atoms with Crippen molar-refractivity contribution < 1.29 is 19.1 Å². The number of halogens is 1. The van der Waals surface area contributed by atoms with Crippen molar-refractivity contribution in [2.75, 3.05) is 26.2 Å². The van der Waals surface area contributed by atoms with E-state index in [-0.39, 0.29) is 42.8 Å². The van der Waals surface area contributed by atoms with E-state index in [9.17, 15) is 19.1 Å². The van der Waals surface area contributed by atoms with Gasteiger partial charge in [-0.2, -0.15) is 5.10 Å². The summed E-state index contributed by atoms with van der Waals surface area (Å²) in [6, 6.07) is 12.3. The molecular weight excluding hydrogens is 607 g/mol. The first-order valence-corrected chi connectivity index (χ1v) is 18.0. The van der Waals surface area contributed by atoms with Gasteiger partial charge in [0.05, 0.1) is 34.9 Å². The van der Waals surface area contributed by atoms with Crippen LogP contribution in [0.15, 0.2) is 42.6 Å². The van der Waals surface area contributed by atoms with Crippen molar-refractivity contribution in [1.82, 2.24) is 24.0 Å². The number of piperidine rings is 2. The Bertz CT molecular complexity index is 1840. The van der Waals surface area contributed by atoms with Gasteiger partial charge in [0.2, 0.25) is 5.91 Å². The van der Waals surface area contributed by atoms with E-state index in [4.69, 9.17) is 10.8 Å². The zero-order valence-corrected chi connectivity index (χ0v) is 27.9. The van der Waals surface area contributed by atoms with Crippen LogP contribution in [0.4, 0.5) is 4.39 Å². The lowest BCUT2D eigenvalue weighted by atomic mass is 9.84. The van der Waals surface area contributed by atoms with E-state index in [1.165, 1.54) is 34.2 Å². The maximum Gasteiger partial charge on any atom is 0.255 e. The second-order valence-electron chi connectivity index (χ2n) is 15.0. The summed E-state index contributed by atoms with van der Waals surface area (Å²) in [5.41, 5.74) is 13.1. The van der Waals surface area contributed by atoms with Crippen LogP contribution in [-0.2, 0) is 11.3 Å². The van der Waals surface area contributed by atoms with Gasteiger partial charge in [-0.05, 0) is 100 Å². The van der Waals surface area contributed by atoms with Crippen molar-refractivity contribution >= 4 is 28.2 Å². The summed E-state index contributed by atoms with van der Waals surface area (Å²) in [6.45, 7) is 5.01. The first-order chi connectivity index (χ1) is 23.2. The number of aryl methyl sites for hydroxylation is 1. The molecule has 2 saturated carbocycles. The molecule has 0 radical (unpaired) electrons. The van der Waals surface area contributed by atoms with E-state index >= 15 is 0 Å². The molecule has 2 atom stereocenters. The minimum absolute atomic E-state index is 0.0557. The Balaban J connectivity index is 1.09. The van der Waals surface area contributed by atoms with Gasteiger partial charge in [0.25, 0.3) is 5.91 Å². The van der Waals surface area contributed by atoms with E-state index in [0.717, 1.165) is 80.6 Å². The van der Waals surface area contributed by atoms with Gasteiger partial charge in [-0.25, -0.2) is 8.91 Å². The third-order valence-corrected chi connectivity index (χ3v) is 11.5. The number of nitrogens with zero attached hydrogens (tertiary/aromatic N) is 5. The number of hydrogen-bond acceptors (Lipinski definition) is 5. The van der Waals surface area contributed by atoms with Crippen LogP contribution < -0.4 is 5.73 Å². The van der Waals surface area contributed by atoms with Crippen molar-refractivity contribution in [3.8, 4) is 11.4 Å². The van der Waals surface area contributed by atoms with Crippen molar-refractivity contribution in [2.45, 2.75) is 95.5 Å². The summed E-state index contributed by atoms with van der Waals surface area (Å²) in [5.74, 6) is 1.13. The highest BCUT2D eigenvalue weighted by Crippen LogP contribution is 2.41. The predicted octanol–water partition coefficient (Wildman–Crippen LogP) is 5.44. The number of aliphatic hydroxyl groups is 1. The van der Waals surface area contributed by atoms with Gasteiger partial charge >= 0.3 is 0 Å². The van der Waals surface area contributed by atoms with Crippen LogP contribution in [0.3, 0.4) is 0 Å². The van der Waals surface area contributed by atoms with Crippen LogP contribution in [0, 0.1) is 18.8 Å². The highest BCUT2D eigenvalue weighted by molar-refractivity contribution is 5.95. The number of amides is 2. The zero-order valence-electron chi connectivity index (χ0n) is 27.9. The number of pyridine rings is 1. The van der Waals surface area contributed by atoms with Crippen molar-refractivity contribution in [2.24, 2.45) is 17.6 Å². The van der Waals surface area contributed by atoms with Crippen molar-refractivity contribution in [3.05, 3.63) is 59.3 Å². The number of hydrogen-bond donors (Lipinski definition) is 2. The Morgan fingerprint density at radius 1 is 0.979 bits per heavy atom. The number of carbonyl (C=O) groups is 2. The van der Waals surface area contributed by atoms with Crippen LogP contribution in [0.2, 0.25) is 0 Å². The lowest BCUT2D eigenvalue weighted by Crippen LogP contribution is -2.50. The molecule has 2 saturated heterocycles. The number of likely N-dealkylation sites (tertiary alicyclic amines) is 2. The molecule has 8 rings (SSSR count). The van der Waals surface area contributed by atoms with Gasteiger partial charge < -0.3 is 25.2 Å². The van der Waals surface area contributed by atoms with Gasteiger partial charge in [0.1, 0.15) is 11.9 Å². The number of nitrogens with two attached hydrogens (primary N) is 1. The predicted molar refractivity (Wildman–Crippen MR) is 183 cm³/mol. The van der Waals surface area contributed by atoms with Gasteiger partial charge in [-0.15, -0.1) is 0 Å². The molecule has 2 amide bonds. The van der Waals surface area contributed by atoms with Crippen molar-refractivity contribution in [1.29, 1.82) is 0 Å². The lowest BCUT2D eigenvalue weighted by molar-refractivity contribution is -0.138. The van der Waals surface area contributed by atoms with Crippen LogP contribution in [-0.4, -0.2) is 85.4 Å². The molecule has 10 heteroatoms. The second kappa shape index (κ2) is 12.6. The smallest absolute Gasteiger partial charge is 0.255 e. The number of aliphatic hydroxyl groups excluding tert-OH is 1. The standard InChI is InChI=1S/C38H47FN6O3/c1-23-33-12-9-28(38(48)43-21-29(39)18-30(40)22-43)20-45(33)41-35(23)34-17-27-3-2-4-32(36(27)44(34)19-24-5-6-24)25-13-15-42(16-14-25)37(47)26-7-10-31(46)11-8-26/h2-4,9,12,17,20,24-26,29-31,46H,5-8,10-11,13-16,18-19,21-22,40H2,1H3/t26-,29-,30-,31+/m1/s1. The minimum atomic E-state index is -1.11. The number of carbonyl (C=O) groups excluding carboxylic acids is 2. The third kappa shape index (κ3) is 5.91. The fourth-order valence-electron chi connectivity index (χ4n) is 8.59. The van der Waals surface area contributed by atoms with Gasteiger partial charge in [-0.1, -0.05) is 18.2 Å². The molecule has 0 bridgehead atoms. The lowest BCUT2D eigenvalue weighted by Gasteiger charge is -2.36. The molecular formula is C38H47FN6O3. The minimum Gasteiger partial charge on any atom is -0.393 e. The fourth-order valence-corrected chi connectivity index (χ4v) is 8.59. The number of rotatable bonds is 6. The Morgan fingerprint density at radius 2 is 1.75 bits per heavy atom. The highest BCUT2D eigenvalue weighted by Gasteiger charge is 2.34. The van der Waals surface area contributed by atoms with E-state index in [0.29, 0.717) is 23.9 Å². The topological polar surface area (TPSA) is 109 Å². The molecule has 0 spiro atoms. The number of para-hydroxylation sites is 1. The molecule has 1 aromatic carbocycles. The highest BCUT2D eigenvalue weighted by atomic mass is 19.1. The summed E-state index contributed by atoms with van der Waals surface area (Å²) in [6.07, 6.45) is 8.10. The maximum atomic E-state index is 14.2. The summed E-state index contributed by atoms with van der Waals surface area (Å²) in [7, 11) is 0. The molecule has 48 heavy (non-hydrogen) atoms. The SMILES string of the molecule is Cc1c(-c2cc3cccc(C4CCN(C(=O)[C@H]5CC[C@@H](O)CC5)CC4)c3n2CC2CC2)nn2cc(C(=O)N3C[C@H](N)C[C@@H](F)C3)ccc12. The monoisotopic (exact) mass is 654 g/mol. The molecule has 2 aliphatic carbocycles. The second-order valence-corrected chi connectivity index (χ2v) is 15.0. The van der Waals surface area contributed by atoms with Crippen LogP contribution in [0.25, 0.3) is 27.8 Å². The molecule has 254 valence electrons. The molecule has 0 unspecified atom stereocenters. The number of benzene rings is 1. The van der Waals surface area contributed by atoms with Crippen LogP contribution in [0.5, 0.6) is 0 Å². The maximum absolute atomic E-state index is 14.2. The van der Waals surface area contributed by atoms with Gasteiger partial charge in [0.15, 0.2) is 0 Å². The van der Waals surface area contributed by atoms with E-state index < -0.39 is 6.17 Å². The Hall–Kier alpha value is -3.76. The average Bonchev–Trinajstić information content (AvgIpc) is 3.76. The molecule has 4 aromatic rings. The molecule has 4 aliphatic rings. The quantitative estimate of drug-likeness (QED) is 0.288. The van der Waals surface area contributed by atoms with Crippen molar-refractivity contribution in [3.63, 3.8) is 0 Å². The van der Waals surface area contributed by atoms with Gasteiger partial charge in [0, 0.05) is 55.3 Å². The summed E-state index contributed by atoms with van der Waals surface area (Å²) in [5, 5.41) is 16.2. The number of fused-ring (bicyclic) bond motifs is 2. The summed E-state index contributed by atoms with van der Waals surface area (Å²) >= 11 is 0. The van der Waals surface area contributed by atoms with Crippen LogP contribution >= 0.6 is 0 Å². The van der Waals surface area contributed by atoms with E-state index in [1.54, 1.807) is 10.7 Å². The van der Waals surface area contributed by atoms with E-state index in [1.807, 2.05) is 12.1 Å². The van der Waals surface area contributed by atoms with E-state index in [2.05, 4.69) is 40.7 Å². The largest absolute Gasteiger partial charge is 0.393 e. The molecule has 3 N–H and O–H groups in total. The molecule has 9 nitrogen and oxygen atoms in total. The first-order valence-electron chi connectivity index (χ1n) is 18.0.